The highest BCUT2D eigenvalue weighted by molar-refractivity contribution is 5.97. The highest BCUT2D eigenvalue weighted by atomic mass is 16.3. The van der Waals surface area contributed by atoms with Gasteiger partial charge in [0.05, 0.1) is 5.56 Å². The number of phenols is 2. The van der Waals surface area contributed by atoms with E-state index in [2.05, 4.69) is 26.1 Å². The van der Waals surface area contributed by atoms with E-state index < -0.39 is 0 Å². The van der Waals surface area contributed by atoms with Crippen LogP contribution in [0.25, 0.3) is 0 Å². The molecule has 0 saturated carbocycles. The summed E-state index contributed by atoms with van der Waals surface area (Å²) in [6, 6.07) is 3.94. The number of carbonyl (C=O) groups excluding carboxylic acids is 1. The van der Waals surface area contributed by atoms with Gasteiger partial charge in [-0.2, -0.15) is 0 Å². The van der Waals surface area contributed by atoms with Crippen molar-refractivity contribution in [2.75, 3.05) is 6.54 Å². The number of nitrogens with one attached hydrogen (secondary N) is 1. The molecule has 0 bridgehead atoms. The maximum absolute atomic E-state index is 12.0. The lowest BCUT2D eigenvalue weighted by Gasteiger charge is -2.25. The molecule has 1 rings (SSSR count). The molecule has 0 fully saturated rings. The van der Waals surface area contributed by atoms with Crippen LogP contribution in [0.4, 0.5) is 0 Å². The Morgan fingerprint density at radius 2 is 1.95 bits per heavy atom. The summed E-state index contributed by atoms with van der Waals surface area (Å²) < 4.78 is 0. The molecule has 0 unspecified atom stereocenters. The standard InChI is InChI=1S/C16H25NO3/c1-4-5-6-9-16(2,3)11-17-15(20)13-10-12(18)7-8-14(13)19/h7-8,10,18-19H,4-6,9,11H2,1-3H3,(H,17,20). The maximum Gasteiger partial charge on any atom is 0.255 e. The molecule has 0 aliphatic heterocycles. The van der Waals surface area contributed by atoms with Crippen LogP contribution in [0.3, 0.4) is 0 Å². The Morgan fingerprint density at radius 1 is 1.25 bits per heavy atom. The largest absolute Gasteiger partial charge is 0.508 e. The number of phenolic OH excluding ortho intramolecular Hbond substituents is 2. The van der Waals surface area contributed by atoms with Crippen LogP contribution in [0.1, 0.15) is 56.8 Å². The molecule has 0 radical (unpaired) electrons. The van der Waals surface area contributed by atoms with Gasteiger partial charge in [-0.15, -0.1) is 0 Å². The van der Waals surface area contributed by atoms with Crippen molar-refractivity contribution in [3.05, 3.63) is 23.8 Å². The third-order valence-electron chi connectivity index (χ3n) is 3.41. The van der Waals surface area contributed by atoms with Gasteiger partial charge in [0.25, 0.3) is 5.91 Å². The lowest BCUT2D eigenvalue weighted by atomic mass is 9.87. The first-order valence-electron chi connectivity index (χ1n) is 7.16. The predicted molar refractivity (Wildman–Crippen MR) is 80.0 cm³/mol. The number of amides is 1. The van der Waals surface area contributed by atoms with E-state index in [1.54, 1.807) is 0 Å². The fourth-order valence-corrected chi connectivity index (χ4v) is 2.06. The van der Waals surface area contributed by atoms with E-state index >= 15 is 0 Å². The molecular weight excluding hydrogens is 254 g/mol. The number of carbonyl (C=O) groups is 1. The van der Waals surface area contributed by atoms with Gasteiger partial charge < -0.3 is 15.5 Å². The van der Waals surface area contributed by atoms with Crippen LogP contribution < -0.4 is 5.32 Å². The van der Waals surface area contributed by atoms with Gasteiger partial charge in [-0.3, -0.25) is 4.79 Å². The van der Waals surface area contributed by atoms with Crippen LogP contribution >= 0.6 is 0 Å². The number of rotatable bonds is 7. The molecule has 0 spiro atoms. The van der Waals surface area contributed by atoms with Gasteiger partial charge in [-0.05, 0) is 30.0 Å². The fraction of sp³-hybridized carbons (Fsp3) is 0.562. The van der Waals surface area contributed by atoms with Gasteiger partial charge in [0, 0.05) is 6.54 Å². The molecule has 0 saturated heterocycles. The van der Waals surface area contributed by atoms with Crippen molar-refractivity contribution < 1.29 is 15.0 Å². The Balaban J connectivity index is 2.56. The van der Waals surface area contributed by atoms with E-state index in [9.17, 15) is 15.0 Å². The van der Waals surface area contributed by atoms with E-state index in [0.717, 1.165) is 12.8 Å². The van der Waals surface area contributed by atoms with E-state index in [1.165, 1.54) is 31.0 Å². The first-order valence-corrected chi connectivity index (χ1v) is 7.16. The third-order valence-corrected chi connectivity index (χ3v) is 3.41. The molecule has 4 nitrogen and oxygen atoms in total. The summed E-state index contributed by atoms with van der Waals surface area (Å²) in [5.74, 6) is -0.513. The highest BCUT2D eigenvalue weighted by Gasteiger charge is 2.20. The average molecular weight is 279 g/mol. The van der Waals surface area contributed by atoms with E-state index in [0.29, 0.717) is 6.54 Å². The summed E-state index contributed by atoms with van der Waals surface area (Å²) >= 11 is 0. The summed E-state index contributed by atoms with van der Waals surface area (Å²) in [5.41, 5.74) is 0.131. The van der Waals surface area contributed by atoms with Crippen molar-refractivity contribution in [3.63, 3.8) is 0 Å². The molecule has 0 atom stereocenters. The number of hydrogen-bond donors (Lipinski definition) is 3. The number of aromatic hydroxyl groups is 2. The summed E-state index contributed by atoms with van der Waals surface area (Å²) in [5, 5.41) is 21.8. The van der Waals surface area contributed by atoms with Crippen molar-refractivity contribution >= 4 is 5.91 Å². The first-order chi connectivity index (χ1) is 9.35. The van der Waals surface area contributed by atoms with Crippen molar-refractivity contribution in [2.45, 2.75) is 46.5 Å². The molecule has 0 aliphatic rings. The lowest BCUT2D eigenvalue weighted by molar-refractivity contribution is 0.0931. The van der Waals surface area contributed by atoms with E-state index in [4.69, 9.17) is 0 Å². The van der Waals surface area contributed by atoms with Crippen LogP contribution in [0.15, 0.2) is 18.2 Å². The van der Waals surface area contributed by atoms with Crippen LogP contribution in [-0.2, 0) is 0 Å². The van der Waals surface area contributed by atoms with Gasteiger partial charge in [-0.25, -0.2) is 0 Å². The molecule has 1 aromatic carbocycles. The van der Waals surface area contributed by atoms with Crippen LogP contribution in [0, 0.1) is 5.41 Å². The quantitative estimate of drug-likeness (QED) is 0.529. The van der Waals surface area contributed by atoms with Crippen LogP contribution in [0.2, 0.25) is 0 Å². The van der Waals surface area contributed by atoms with Crippen LogP contribution in [-0.4, -0.2) is 22.7 Å². The molecule has 0 heterocycles. The topological polar surface area (TPSA) is 69.6 Å². The summed E-state index contributed by atoms with van der Waals surface area (Å²) in [7, 11) is 0. The Morgan fingerprint density at radius 3 is 2.60 bits per heavy atom. The lowest BCUT2D eigenvalue weighted by Crippen LogP contribution is -2.34. The molecular formula is C16H25NO3. The average Bonchev–Trinajstić information content (AvgIpc) is 2.39. The zero-order valence-corrected chi connectivity index (χ0v) is 12.6. The van der Waals surface area contributed by atoms with E-state index in [-0.39, 0.29) is 28.4 Å². The van der Waals surface area contributed by atoms with E-state index in [1.807, 2.05) is 0 Å². The van der Waals surface area contributed by atoms with Gasteiger partial charge in [0.1, 0.15) is 11.5 Å². The monoisotopic (exact) mass is 279 g/mol. The smallest absolute Gasteiger partial charge is 0.255 e. The summed E-state index contributed by atoms with van der Waals surface area (Å²) in [4.78, 5) is 12.0. The highest BCUT2D eigenvalue weighted by Crippen LogP contribution is 2.24. The predicted octanol–water partition coefficient (Wildman–Crippen LogP) is 3.43. The molecule has 20 heavy (non-hydrogen) atoms. The molecule has 112 valence electrons. The first kappa shape index (κ1) is 16.3. The molecule has 1 aromatic rings. The second-order valence-electron chi connectivity index (χ2n) is 6.01. The SMILES string of the molecule is CCCCCC(C)(C)CNC(=O)c1cc(O)ccc1O. The minimum Gasteiger partial charge on any atom is -0.508 e. The fourth-order valence-electron chi connectivity index (χ4n) is 2.06. The molecule has 0 aliphatic carbocycles. The second-order valence-corrected chi connectivity index (χ2v) is 6.01. The van der Waals surface area contributed by atoms with Crippen LogP contribution in [0.5, 0.6) is 11.5 Å². The van der Waals surface area contributed by atoms with Gasteiger partial charge >= 0.3 is 0 Å². The van der Waals surface area contributed by atoms with Gasteiger partial charge in [-0.1, -0.05) is 40.0 Å². The third kappa shape index (κ3) is 5.11. The van der Waals surface area contributed by atoms with Gasteiger partial charge in [0.2, 0.25) is 0 Å². The zero-order valence-electron chi connectivity index (χ0n) is 12.6. The Hall–Kier alpha value is -1.71. The Kier molecular flexibility index (Phi) is 5.86. The second kappa shape index (κ2) is 7.17. The summed E-state index contributed by atoms with van der Waals surface area (Å²) in [6.45, 7) is 6.95. The van der Waals surface area contributed by atoms with Crippen molar-refractivity contribution in [3.8, 4) is 11.5 Å². The van der Waals surface area contributed by atoms with Gasteiger partial charge in [0.15, 0.2) is 0 Å². The number of hydrogen-bond acceptors (Lipinski definition) is 3. The molecule has 1 amide bonds. The zero-order chi connectivity index (χ0) is 15.2. The Labute approximate surface area is 120 Å². The molecule has 3 N–H and O–H groups in total. The molecule has 0 aromatic heterocycles. The molecule has 4 heteroatoms. The Bertz CT molecular complexity index is 455. The minimum atomic E-state index is -0.359. The van der Waals surface area contributed by atoms with Crippen molar-refractivity contribution in [2.24, 2.45) is 5.41 Å². The number of unbranched alkanes of at least 4 members (excludes halogenated alkanes) is 2. The number of benzene rings is 1. The minimum absolute atomic E-state index is 0.0251. The van der Waals surface area contributed by atoms with Crippen molar-refractivity contribution in [1.82, 2.24) is 5.32 Å². The normalized spacial score (nSPS) is 11.3. The van der Waals surface area contributed by atoms with Crippen molar-refractivity contribution in [1.29, 1.82) is 0 Å². The summed E-state index contributed by atoms with van der Waals surface area (Å²) in [6.07, 6.45) is 4.58. The maximum atomic E-state index is 12.0.